The van der Waals surface area contributed by atoms with Gasteiger partial charge in [0, 0.05) is 19.6 Å². The molecule has 5 nitrogen and oxygen atoms in total. The molecule has 1 aromatic carbocycles. The zero-order valence-electron chi connectivity index (χ0n) is 10.1. The topological polar surface area (TPSA) is 66.8 Å². The summed E-state index contributed by atoms with van der Waals surface area (Å²) in [6, 6.07) is 7.20. The zero-order valence-corrected chi connectivity index (χ0v) is 10.1. The second kappa shape index (κ2) is 5.18. The van der Waals surface area contributed by atoms with Crippen LogP contribution >= 0.6 is 0 Å². The van der Waals surface area contributed by atoms with Gasteiger partial charge < -0.3 is 9.84 Å². The Balaban J connectivity index is 1.95. The van der Waals surface area contributed by atoms with Crippen molar-refractivity contribution in [3.05, 3.63) is 35.4 Å². The van der Waals surface area contributed by atoms with Gasteiger partial charge in [-0.3, -0.25) is 9.69 Å². The average molecular weight is 249 g/mol. The second-order valence-electron chi connectivity index (χ2n) is 4.42. The number of likely N-dealkylation sites (tertiary alicyclic amines) is 1. The predicted octanol–water partition coefficient (Wildman–Crippen LogP) is 0.990. The largest absolute Gasteiger partial charge is 0.481 e. The molecular weight excluding hydrogens is 234 g/mol. The molecule has 1 aliphatic heterocycles. The summed E-state index contributed by atoms with van der Waals surface area (Å²) in [5.74, 6) is -1.35. The van der Waals surface area contributed by atoms with E-state index < -0.39 is 5.97 Å². The minimum absolute atomic E-state index is 0.256. The van der Waals surface area contributed by atoms with E-state index in [2.05, 4.69) is 4.74 Å². The van der Waals surface area contributed by atoms with Crippen molar-refractivity contribution >= 4 is 11.9 Å². The van der Waals surface area contributed by atoms with Gasteiger partial charge in [0.2, 0.25) is 0 Å². The molecule has 1 heterocycles. The molecule has 0 radical (unpaired) electrons. The summed E-state index contributed by atoms with van der Waals surface area (Å²) in [5, 5.41) is 8.78. The van der Waals surface area contributed by atoms with Crippen LogP contribution in [0.2, 0.25) is 0 Å². The minimum atomic E-state index is -0.741. The van der Waals surface area contributed by atoms with E-state index in [1.807, 2.05) is 11.0 Å². The molecule has 0 aliphatic carbocycles. The quantitative estimate of drug-likeness (QED) is 0.806. The smallest absolute Gasteiger partial charge is 0.337 e. The number of nitrogens with zero attached hydrogens (tertiary/aromatic N) is 1. The number of carbonyl (C=O) groups is 2. The molecule has 5 heteroatoms. The van der Waals surface area contributed by atoms with Gasteiger partial charge in [-0.2, -0.15) is 0 Å². The molecule has 1 aliphatic rings. The molecule has 96 valence electrons. The molecule has 0 atom stereocenters. The number of carboxylic acid groups (broad SMARTS) is 1. The lowest BCUT2D eigenvalue weighted by Gasteiger charge is -2.36. The highest BCUT2D eigenvalue weighted by atomic mass is 16.5. The van der Waals surface area contributed by atoms with E-state index in [1.54, 1.807) is 18.2 Å². The number of hydrogen-bond acceptors (Lipinski definition) is 4. The Morgan fingerprint density at radius 2 is 2.17 bits per heavy atom. The molecule has 0 bridgehead atoms. The number of methoxy groups -OCH3 is 1. The third-order valence-corrected chi connectivity index (χ3v) is 3.06. The van der Waals surface area contributed by atoms with Crippen molar-refractivity contribution in [2.75, 3.05) is 20.2 Å². The Labute approximate surface area is 105 Å². The summed E-state index contributed by atoms with van der Waals surface area (Å²) in [4.78, 5) is 24.1. The van der Waals surface area contributed by atoms with Gasteiger partial charge in [-0.25, -0.2) is 4.79 Å². The first-order chi connectivity index (χ1) is 8.60. The van der Waals surface area contributed by atoms with Crippen LogP contribution in [-0.4, -0.2) is 42.1 Å². The molecule has 0 saturated carbocycles. The highest BCUT2D eigenvalue weighted by molar-refractivity contribution is 5.89. The number of esters is 1. The number of carbonyl (C=O) groups excluding carboxylic acids is 1. The van der Waals surface area contributed by atoms with E-state index in [4.69, 9.17) is 5.11 Å². The first-order valence-corrected chi connectivity index (χ1v) is 5.72. The third-order valence-electron chi connectivity index (χ3n) is 3.06. The van der Waals surface area contributed by atoms with Crippen LogP contribution in [0.25, 0.3) is 0 Å². The molecule has 0 unspecified atom stereocenters. The number of ether oxygens (including phenoxy) is 1. The van der Waals surface area contributed by atoms with Gasteiger partial charge in [0.1, 0.15) is 0 Å². The van der Waals surface area contributed by atoms with E-state index in [-0.39, 0.29) is 11.9 Å². The van der Waals surface area contributed by atoms with Crippen LogP contribution in [0.4, 0.5) is 0 Å². The monoisotopic (exact) mass is 249 g/mol. The fraction of sp³-hybridized carbons (Fsp3) is 0.385. The van der Waals surface area contributed by atoms with Crippen LogP contribution in [0.1, 0.15) is 15.9 Å². The second-order valence-corrected chi connectivity index (χ2v) is 4.42. The summed E-state index contributed by atoms with van der Waals surface area (Å²) >= 11 is 0. The van der Waals surface area contributed by atoms with Crippen molar-refractivity contribution in [2.24, 2.45) is 5.92 Å². The van der Waals surface area contributed by atoms with Crippen LogP contribution in [0.5, 0.6) is 0 Å². The molecule has 0 aromatic heterocycles. The summed E-state index contributed by atoms with van der Waals surface area (Å²) in [5.41, 5.74) is 1.51. The lowest BCUT2D eigenvalue weighted by atomic mass is 9.99. The maximum absolute atomic E-state index is 11.4. The lowest BCUT2D eigenvalue weighted by Crippen LogP contribution is -2.49. The van der Waals surface area contributed by atoms with Crippen LogP contribution in [0, 0.1) is 5.92 Å². The van der Waals surface area contributed by atoms with Gasteiger partial charge in [0.25, 0.3) is 0 Å². The van der Waals surface area contributed by atoms with Crippen LogP contribution < -0.4 is 0 Å². The Bertz CT molecular complexity index is 466. The van der Waals surface area contributed by atoms with E-state index in [9.17, 15) is 9.59 Å². The highest BCUT2D eigenvalue weighted by Gasteiger charge is 2.32. The predicted molar refractivity (Wildman–Crippen MR) is 64.2 cm³/mol. The molecule has 0 amide bonds. The molecule has 18 heavy (non-hydrogen) atoms. The Hall–Kier alpha value is -1.88. The number of carboxylic acids is 1. The van der Waals surface area contributed by atoms with Gasteiger partial charge in [0.05, 0.1) is 18.6 Å². The number of benzene rings is 1. The van der Waals surface area contributed by atoms with E-state index >= 15 is 0 Å². The minimum Gasteiger partial charge on any atom is -0.481 e. The van der Waals surface area contributed by atoms with Crippen molar-refractivity contribution in [1.29, 1.82) is 0 Å². The number of rotatable bonds is 4. The highest BCUT2D eigenvalue weighted by Crippen LogP contribution is 2.19. The molecule has 1 fully saturated rings. The van der Waals surface area contributed by atoms with Gasteiger partial charge in [0.15, 0.2) is 0 Å². The summed E-state index contributed by atoms with van der Waals surface area (Å²) in [7, 11) is 1.35. The standard InChI is InChI=1S/C13H15NO4/c1-18-13(17)10-4-2-3-9(5-10)6-14-7-11(8-14)12(15)16/h2-5,11H,6-8H2,1H3,(H,15,16). The fourth-order valence-electron chi connectivity index (χ4n) is 2.03. The fourth-order valence-corrected chi connectivity index (χ4v) is 2.03. The average Bonchev–Trinajstić information content (AvgIpc) is 2.32. The Morgan fingerprint density at radius 1 is 1.44 bits per heavy atom. The van der Waals surface area contributed by atoms with Crippen molar-refractivity contribution in [2.45, 2.75) is 6.54 Å². The van der Waals surface area contributed by atoms with Gasteiger partial charge >= 0.3 is 11.9 Å². The molecule has 1 N–H and O–H groups in total. The first kappa shape index (κ1) is 12.6. The maximum Gasteiger partial charge on any atom is 0.337 e. The molecule has 1 aromatic rings. The SMILES string of the molecule is COC(=O)c1cccc(CN2CC(C(=O)O)C2)c1. The first-order valence-electron chi connectivity index (χ1n) is 5.72. The summed E-state index contributed by atoms with van der Waals surface area (Å²) < 4.78 is 4.65. The van der Waals surface area contributed by atoms with Crippen molar-refractivity contribution in [3.63, 3.8) is 0 Å². The summed E-state index contributed by atoms with van der Waals surface area (Å²) in [6.45, 7) is 1.80. The Morgan fingerprint density at radius 3 is 2.78 bits per heavy atom. The molecule has 2 rings (SSSR count). The Kier molecular flexibility index (Phi) is 3.62. The van der Waals surface area contributed by atoms with Crippen molar-refractivity contribution in [3.8, 4) is 0 Å². The van der Waals surface area contributed by atoms with Gasteiger partial charge in [-0.15, -0.1) is 0 Å². The van der Waals surface area contributed by atoms with Gasteiger partial charge in [-0.05, 0) is 17.7 Å². The van der Waals surface area contributed by atoms with E-state index in [0.717, 1.165) is 5.56 Å². The zero-order chi connectivity index (χ0) is 13.1. The van der Waals surface area contributed by atoms with Crippen LogP contribution in [0.15, 0.2) is 24.3 Å². The van der Waals surface area contributed by atoms with Crippen molar-refractivity contribution < 1.29 is 19.4 Å². The molecular formula is C13H15NO4. The number of hydrogen-bond donors (Lipinski definition) is 1. The van der Waals surface area contributed by atoms with Crippen molar-refractivity contribution in [1.82, 2.24) is 4.90 Å². The third kappa shape index (κ3) is 2.68. The van der Waals surface area contributed by atoms with E-state index in [0.29, 0.717) is 25.2 Å². The normalized spacial score (nSPS) is 16.1. The summed E-state index contributed by atoms with van der Waals surface area (Å²) in [6.07, 6.45) is 0. The van der Waals surface area contributed by atoms with Gasteiger partial charge in [-0.1, -0.05) is 12.1 Å². The lowest BCUT2D eigenvalue weighted by molar-refractivity contribution is -0.147. The maximum atomic E-state index is 11.4. The van der Waals surface area contributed by atoms with E-state index in [1.165, 1.54) is 7.11 Å². The van der Waals surface area contributed by atoms with Crippen LogP contribution in [-0.2, 0) is 16.1 Å². The molecule has 0 spiro atoms. The number of aliphatic carboxylic acids is 1. The molecule has 1 saturated heterocycles. The van der Waals surface area contributed by atoms with Crippen LogP contribution in [0.3, 0.4) is 0 Å².